The quantitative estimate of drug-likeness (QED) is 0.886. The van der Waals surface area contributed by atoms with E-state index >= 15 is 0 Å². The van der Waals surface area contributed by atoms with E-state index in [9.17, 15) is 9.59 Å². The van der Waals surface area contributed by atoms with Crippen LogP contribution in [0.15, 0.2) is 41.2 Å². The normalized spacial score (nSPS) is 17.8. The minimum Gasteiger partial charge on any atom is -0.352 e. The Morgan fingerprint density at radius 1 is 1.00 bits per heavy atom. The average molecular weight is 381 g/mol. The summed E-state index contributed by atoms with van der Waals surface area (Å²) >= 11 is 0. The van der Waals surface area contributed by atoms with Crippen LogP contribution in [0, 0.1) is 6.92 Å². The van der Waals surface area contributed by atoms with Gasteiger partial charge in [-0.1, -0.05) is 30.5 Å². The Morgan fingerprint density at radius 3 is 2.36 bits per heavy atom. The third-order valence-electron chi connectivity index (χ3n) is 5.64. The van der Waals surface area contributed by atoms with Crippen LogP contribution in [0.3, 0.4) is 0 Å². The number of nitrogens with zero attached hydrogens (tertiary/aromatic N) is 4. The van der Waals surface area contributed by atoms with Crippen molar-refractivity contribution < 1.29 is 4.79 Å². The van der Waals surface area contributed by atoms with Crippen LogP contribution in [0.2, 0.25) is 0 Å². The first-order chi connectivity index (χ1) is 13.6. The number of amides is 2. The van der Waals surface area contributed by atoms with Gasteiger partial charge in [0, 0.05) is 38.3 Å². The van der Waals surface area contributed by atoms with E-state index in [-0.39, 0.29) is 11.6 Å². The fourth-order valence-corrected chi connectivity index (χ4v) is 3.92. The van der Waals surface area contributed by atoms with Crippen LogP contribution >= 0.6 is 0 Å². The molecule has 0 unspecified atom stereocenters. The number of benzene rings is 1. The minimum atomic E-state index is -0.151. The summed E-state index contributed by atoms with van der Waals surface area (Å²) in [5.74, 6) is 0.760. The Bertz CT molecular complexity index is 878. The molecule has 7 heteroatoms. The lowest BCUT2D eigenvalue weighted by molar-refractivity contribution is 0.190. The van der Waals surface area contributed by atoms with E-state index in [2.05, 4.69) is 15.3 Å². The number of hydrogen-bond acceptors (Lipinski definition) is 4. The summed E-state index contributed by atoms with van der Waals surface area (Å²) in [6, 6.07) is 11.4. The van der Waals surface area contributed by atoms with Crippen LogP contribution in [0.25, 0.3) is 5.69 Å². The zero-order valence-electron chi connectivity index (χ0n) is 16.3. The van der Waals surface area contributed by atoms with Crippen molar-refractivity contribution in [3.63, 3.8) is 0 Å². The average Bonchev–Trinajstić information content (AvgIpc) is 3.22. The fourth-order valence-electron chi connectivity index (χ4n) is 3.92. The molecule has 1 aliphatic carbocycles. The van der Waals surface area contributed by atoms with Crippen molar-refractivity contribution in [2.75, 3.05) is 31.1 Å². The van der Waals surface area contributed by atoms with E-state index in [1.165, 1.54) is 17.5 Å². The number of carbonyl (C=O) groups excluding carboxylic acids is 1. The van der Waals surface area contributed by atoms with Crippen molar-refractivity contribution in [3.8, 4) is 5.69 Å². The van der Waals surface area contributed by atoms with Crippen molar-refractivity contribution >= 4 is 11.8 Å². The van der Waals surface area contributed by atoms with Gasteiger partial charge in [0.2, 0.25) is 0 Å². The predicted molar refractivity (Wildman–Crippen MR) is 109 cm³/mol. The third-order valence-corrected chi connectivity index (χ3v) is 5.64. The molecule has 1 aliphatic heterocycles. The first-order valence-electron chi connectivity index (χ1n) is 10.1. The number of urea groups is 1. The highest BCUT2D eigenvalue weighted by molar-refractivity contribution is 5.75. The Balaban J connectivity index is 1.41. The standard InChI is InChI=1S/C21H27N5O2/c1-16-6-8-18(9-7-16)26-20(27)11-10-19(23-26)24-12-14-25(15-13-24)21(28)22-17-4-2-3-5-17/h6-11,17H,2-5,12-15H2,1H3,(H,22,28). The van der Waals surface area contributed by atoms with Crippen LogP contribution in [0.5, 0.6) is 0 Å². The molecule has 28 heavy (non-hydrogen) atoms. The van der Waals surface area contributed by atoms with E-state index < -0.39 is 0 Å². The van der Waals surface area contributed by atoms with Gasteiger partial charge in [0.25, 0.3) is 5.56 Å². The summed E-state index contributed by atoms with van der Waals surface area (Å²) in [6.45, 7) is 4.74. The lowest BCUT2D eigenvalue weighted by atomic mass is 10.2. The molecule has 1 saturated heterocycles. The van der Waals surface area contributed by atoms with Gasteiger partial charge in [-0.3, -0.25) is 4.79 Å². The number of nitrogens with one attached hydrogen (secondary N) is 1. The van der Waals surface area contributed by atoms with Gasteiger partial charge in [-0.15, -0.1) is 5.10 Å². The Hall–Kier alpha value is -2.83. The molecule has 4 rings (SSSR count). The molecule has 7 nitrogen and oxygen atoms in total. The zero-order chi connectivity index (χ0) is 19.5. The van der Waals surface area contributed by atoms with Gasteiger partial charge in [-0.25, -0.2) is 4.79 Å². The fraction of sp³-hybridized carbons (Fsp3) is 0.476. The summed E-state index contributed by atoms with van der Waals surface area (Å²) in [5, 5.41) is 7.71. The molecule has 0 radical (unpaired) electrons. The van der Waals surface area contributed by atoms with Gasteiger partial charge in [0.05, 0.1) is 5.69 Å². The van der Waals surface area contributed by atoms with Crippen molar-refractivity contribution in [3.05, 3.63) is 52.3 Å². The smallest absolute Gasteiger partial charge is 0.317 e. The second kappa shape index (κ2) is 8.04. The van der Waals surface area contributed by atoms with Gasteiger partial charge in [-0.2, -0.15) is 4.68 Å². The summed E-state index contributed by atoms with van der Waals surface area (Å²) in [4.78, 5) is 28.7. The van der Waals surface area contributed by atoms with Gasteiger partial charge in [-0.05, 0) is 38.0 Å². The molecule has 2 amide bonds. The molecule has 1 aromatic heterocycles. The van der Waals surface area contributed by atoms with Gasteiger partial charge in [0.15, 0.2) is 0 Å². The molecule has 2 heterocycles. The molecule has 2 fully saturated rings. The first kappa shape index (κ1) is 18.5. The Morgan fingerprint density at radius 2 is 1.68 bits per heavy atom. The number of aryl methyl sites for hydroxylation is 1. The maximum atomic E-state index is 12.4. The third kappa shape index (κ3) is 4.03. The molecule has 148 valence electrons. The highest BCUT2D eigenvalue weighted by Crippen LogP contribution is 2.18. The summed E-state index contributed by atoms with van der Waals surface area (Å²) in [7, 11) is 0. The van der Waals surface area contributed by atoms with E-state index in [1.54, 1.807) is 12.1 Å². The van der Waals surface area contributed by atoms with E-state index in [0.717, 1.165) is 29.9 Å². The molecule has 0 bridgehead atoms. The Kier molecular flexibility index (Phi) is 5.32. The molecular formula is C21H27N5O2. The summed E-state index contributed by atoms with van der Waals surface area (Å²) < 4.78 is 1.44. The van der Waals surface area contributed by atoms with Crippen molar-refractivity contribution in [1.29, 1.82) is 0 Å². The maximum absolute atomic E-state index is 12.4. The number of hydrogen-bond donors (Lipinski definition) is 1. The van der Waals surface area contributed by atoms with E-state index in [1.807, 2.05) is 36.1 Å². The lowest BCUT2D eigenvalue weighted by Gasteiger charge is -2.35. The number of carbonyl (C=O) groups is 1. The van der Waals surface area contributed by atoms with Gasteiger partial charge < -0.3 is 15.1 Å². The number of anilines is 1. The Labute approximate surface area is 165 Å². The molecule has 1 N–H and O–H groups in total. The molecule has 1 saturated carbocycles. The van der Waals surface area contributed by atoms with Crippen LogP contribution in [-0.4, -0.2) is 52.9 Å². The summed E-state index contributed by atoms with van der Waals surface area (Å²) in [5.41, 5.74) is 1.74. The number of aromatic nitrogens is 2. The summed E-state index contributed by atoms with van der Waals surface area (Å²) in [6.07, 6.45) is 4.61. The highest BCUT2D eigenvalue weighted by atomic mass is 16.2. The molecule has 2 aromatic rings. The zero-order valence-corrected chi connectivity index (χ0v) is 16.3. The van der Waals surface area contributed by atoms with Crippen LogP contribution in [0.1, 0.15) is 31.2 Å². The lowest BCUT2D eigenvalue weighted by Crippen LogP contribution is -2.53. The van der Waals surface area contributed by atoms with Crippen LogP contribution in [0.4, 0.5) is 10.6 Å². The van der Waals surface area contributed by atoms with E-state index in [4.69, 9.17) is 0 Å². The molecular weight excluding hydrogens is 354 g/mol. The first-order valence-corrected chi connectivity index (χ1v) is 10.1. The predicted octanol–water partition coefficient (Wildman–Crippen LogP) is 2.32. The monoisotopic (exact) mass is 381 g/mol. The maximum Gasteiger partial charge on any atom is 0.317 e. The molecule has 2 aliphatic rings. The number of piperazine rings is 1. The SMILES string of the molecule is Cc1ccc(-n2nc(N3CCN(C(=O)NC4CCCC4)CC3)ccc2=O)cc1. The van der Waals surface area contributed by atoms with E-state index in [0.29, 0.717) is 32.2 Å². The topological polar surface area (TPSA) is 70.5 Å². The van der Waals surface area contributed by atoms with Gasteiger partial charge in [0.1, 0.15) is 5.82 Å². The van der Waals surface area contributed by atoms with Crippen LogP contribution < -0.4 is 15.8 Å². The highest BCUT2D eigenvalue weighted by Gasteiger charge is 2.25. The molecule has 0 spiro atoms. The van der Waals surface area contributed by atoms with Crippen molar-refractivity contribution in [2.45, 2.75) is 38.6 Å². The van der Waals surface area contributed by atoms with Gasteiger partial charge >= 0.3 is 6.03 Å². The number of rotatable bonds is 3. The van der Waals surface area contributed by atoms with Crippen molar-refractivity contribution in [1.82, 2.24) is 20.0 Å². The van der Waals surface area contributed by atoms with Crippen molar-refractivity contribution in [2.24, 2.45) is 0 Å². The molecule has 1 aromatic carbocycles. The minimum absolute atomic E-state index is 0.0455. The largest absolute Gasteiger partial charge is 0.352 e. The second-order valence-corrected chi connectivity index (χ2v) is 7.68. The second-order valence-electron chi connectivity index (χ2n) is 7.68. The van der Waals surface area contributed by atoms with Crippen LogP contribution in [-0.2, 0) is 0 Å². The molecule has 0 atom stereocenters.